The number of nitrogens with zero attached hydrogens (tertiary/aromatic N) is 1. The van der Waals surface area contributed by atoms with E-state index >= 15 is 0 Å². The first kappa shape index (κ1) is 12.7. The van der Waals surface area contributed by atoms with E-state index in [1.807, 2.05) is 17.9 Å². The Morgan fingerprint density at radius 1 is 1.33 bits per heavy atom. The zero-order valence-corrected chi connectivity index (χ0v) is 12.7. The Balaban J connectivity index is 2.03. The van der Waals surface area contributed by atoms with E-state index in [2.05, 4.69) is 37.0 Å². The van der Waals surface area contributed by atoms with Crippen LogP contribution in [0.2, 0.25) is 0 Å². The van der Waals surface area contributed by atoms with Crippen molar-refractivity contribution in [1.29, 1.82) is 0 Å². The highest BCUT2D eigenvalue weighted by Gasteiger charge is 2.62. The highest BCUT2D eigenvalue weighted by molar-refractivity contribution is 5.86. The van der Waals surface area contributed by atoms with Crippen molar-refractivity contribution in [1.82, 2.24) is 9.88 Å². The van der Waals surface area contributed by atoms with Gasteiger partial charge in [0.1, 0.15) is 11.1 Å². The van der Waals surface area contributed by atoms with E-state index in [1.165, 1.54) is 10.9 Å². The number of H-pyrrole nitrogens is 1. The number of hydrogen-bond acceptors (Lipinski definition) is 2. The molecule has 0 saturated carbocycles. The van der Waals surface area contributed by atoms with Crippen LogP contribution < -0.4 is 0 Å². The average molecular weight is 284 g/mol. The number of nitrogens with one attached hydrogen (secondary N) is 1. The molecule has 2 aliphatic heterocycles. The Labute approximate surface area is 124 Å². The second-order valence-electron chi connectivity index (χ2n) is 6.45. The fourth-order valence-corrected chi connectivity index (χ4v) is 4.04. The zero-order valence-electron chi connectivity index (χ0n) is 12.7. The maximum atomic E-state index is 12.3. The first-order chi connectivity index (χ1) is 10.0. The Morgan fingerprint density at radius 3 is 2.86 bits per heavy atom. The van der Waals surface area contributed by atoms with Crippen molar-refractivity contribution in [3.63, 3.8) is 0 Å². The lowest BCUT2D eigenvalue weighted by Gasteiger charge is -2.44. The largest absolute Gasteiger partial charge is 0.440 e. The van der Waals surface area contributed by atoms with Gasteiger partial charge in [-0.3, -0.25) is 4.90 Å². The molecule has 3 heterocycles. The maximum absolute atomic E-state index is 12.3. The van der Waals surface area contributed by atoms with Crippen molar-refractivity contribution in [2.45, 2.75) is 44.8 Å². The summed E-state index contributed by atoms with van der Waals surface area (Å²) in [5.41, 5.74) is 2.70. The molecular formula is C17H20N2O2. The fourth-order valence-electron chi connectivity index (χ4n) is 4.04. The van der Waals surface area contributed by atoms with Crippen molar-refractivity contribution < 1.29 is 9.53 Å². The average Bonchev–Trinajstić information content (AvgIpc) is 2.95. The van der Waals surface area contributed by atoms with Gasteiger partial charge < -0.3 is 9.72 Å². The molecule has 0 unspecified atom stereocenters. The third-order valence-electron chi connectivity index (χ3n) is 5.66. The quantitative estimate of drug-likeness (QED) is 0.870. The third-order valence-corrected chi connectivity index (χ3v) is 5.66. The van der Waals surface area contributed by atoms with Gasteiger partial charge in [0.15, 0.2) is 0 Å². The Bertz CT molecular complexity index is 750. The summed E-state index contributed by atoms with van der Waals surface area (Å²) in [4.78, 5) is 17.8. The normalized spacial score (nSPS) is 31.2. The van der Waals surface area contributed by atoms with Crippen LogP contribution in [0.4, 0.5) is 4.79 Å². The van der Waals surface area contributed by atoms with Crippen LogP contribution >= 0.6 is 0 Å². The van der Waals surface area contributed by atoms with Gasteiger partial charge in [-0.15, -0.1) is 0 Å². The van der Waals surface area contributed by atoms with Gasteiger partial charge in [0, 0.05) is 23.1 Å². The highest BCUT2D eigenvalue weighted by atomic mass is 16.6. The smallest absolute Gasteiger partial charge is 0.411 e. The first-order valence-electron chi connectivity index (χ1n) is 7.62. The molecule has 4 heteroatoms. The van der Waals surface area contributed by atoms with Crippen LogP contribution in [-0.2, 0) is 16.7 Å². The second-order valence-corrected chi connectivity index (χ2v) is 6.45. The Hall–Kier alpha value is -1.97. The first-order valence-corrected chi connectivity index (χ1v) is 7.62. The molecule has 110 valence electrons. The van der Waals surface area contributed by atoms with Crippen molar-refractivity contribution >= 4 is 17.0 Å². The van der Waals surface area contributed by atoms with Gasteiger partial charge in [-0.2, -0.15) is 0 Å². The number of aromatic nitrogens is 1. The number of hydrogen-bond donors (Lipinski definition) is 1. The topological polar surface area (TPSA) is 45.3 Å². The fraction of sp³-hybridized carbons (Fsp3) is 0.471. The summed E-state index contributed by atoms with van der Waals surface area (Å²) in [6.45, 7) is 6.99. The summed E-state index contributed by atoms with van der Waals surface area (Å²) in [5, 5.41) is 1.27. The summed E-state index contributed by atoms with van der Waals surface area (Å²) in [7, 11) is 0. The van der Waals surface area contributed by atoms with Crippen LogP contribution in [0.25, 0.3) is 10.9 Å². The number of benzene rings is 1. The molecule has 4 nitrogen and oxygen atoms in total. The summed E-state index contributed by atoms with van der Waals surface area (Å²) >= 11 is 0. The van der Waals surface area contributed by atoms with E-state index in [9.17, 15) is 4.79 Å². The number of amides is 1. The Morgan fingerprint density at radius 2 is 2.10 bits per heavy atom. The van der Waals surface area contributed by atoms with E-state index < -0.39 is 11.1 Å². The molecule has 1 N–H and O–H groups in total. The van der Waals surface area contributed by atoms with Gasteiger partial charge in [-0.1, -0.05) is 25.1 Å². The van der Waals surface area contributed by atoms with E-state index in [4.69, 9.17) is 4.74 Å². The van der Waals surface area contributed by atoms with Gasteiger partial charge in [0.25, 0.3) is 0 Å². The minimum absolute atomic E-state index is 0.189. The van der Waals surface area contributed by atoms with Crippen LogP contribution in [0.5, 0.6) is 0 Å². The van der Waals surface area contributed by atoms with Gasteiger partial charge in [0.05, 0.1) is 0 Å². The van der Waals surface area contributed by atoms with Gasteiger partial charge >= 0.3 is 6.09 Å². The monoisotopic (exact) mass is 284 g/mol. The van der Waals surface area contributed by atoms with Crippen molar-refractivity contribution in [3.05, 3.63) is 35.5 Å². The van der Waals surface area contributed by atoms with Crippen LogP contribution in [0.1, 0.15) is 38.4 Å². The summed E-state index contributed by atoms with van der Waals surface area (Å²) in [5.74, 6) is 0. The van der Waals surface area contributed by atoms with Crippen LogP contribution in [0, 0.1) is 0 Å². The molecule has 2 atom stereocenters. The highest BCUT2D eigenvalue weighted by Crippen LogP contribution is 2.52. The van der Waals surface area contributed by atoms with E-state index in [-0.39, 0.29) is 6.09 Å². The number of para-hydroxylation sites is 1. The third kappa shape index (κ3) is 1.33. The molecule has 1 amide bonds. The molecule has 0 radical (unpaired) electrons. The van der Waals surface area contributed by atoms with Crippen LogP contribution in [0.3, 0.4) is 0 Å². The molecule has 21 heavy (non-hydrogen) atoms. The van der Waals surface area contributed by atoms with Crippen molar-refractivity contribution in [2.24, 2.45) is 0 Å². The molecule has 2 aromatic rings. The second kappa shape index (κ2) is 3.81. The standard InChI is InChI=1S/C17H20N2O2/c1-4-16(2)17(3)14-12(9-10-19(17)15(20)21-16)11-7-5-6-8-13(11)18-14/h5-8,18H,4,9-10H2,1-3H3/t16-,17+/m1/s1. The molecule has 1 aromatic heterocycles. The molecular weight excluding hydrogens is 264 g/mol. The van der Waals surface area contributed by atoms with E-state index in [0.29, 0.717) is 0 Å². The van der Waals surface area contributed by atoms with Crippen LogP contribution in [-0.4, -0.2) is 28.1 Å². The number of carbonyl (C=O) groups is 1. The lowest BCUT2D eigenvalue weighted by molar-refractivity contribution is -0.00297. The Kier molecular flexibility index (Phi) is 2.31. The molecule has 0 bridgehead atoms. The lowest BCUT2D eigenvalue weighted by atomic mass is 9.74. The molecule has 1 aromatic carbocycles. The van der Waals surface area contributed by atoms with Gasteiger partial charge in [-0.05, 0) is 38.3 Å². The predicted octanol–water partition coefficient (Wildman–Crippen LogP) is 3.56. The minimum Gasteiger partial charge on any atom is -0.440 e. The van der Waals surface area contributed by atoms with Crippen molar-refractivity contribution in [2.75, 3.05) is 6.54 Å². The number of cyclic esters (lactones) is 1. The molecule has 0 aliphatic carbocycles. The lowest BCUT2D eigenvalue weighted by Crippen LogP contribution is -2.55. The number of rotatable bonds is 1. The van der Waals surface area contributed by atoms with E-state index in [0.717, 1.165) is 30.6 Å². The van der Waals surface area contributed by atoms with Gasteiger partial charge in [-0.25, -0.2) is 4.79 Å². The van der Waals surface area contributed by atoms with Crippen molar-refractivity contribution in [3.8, 4) is 0 Å². The SMILES string of the molecule is CC[C@@]1(C)OC(=O)N2CCc3c([nH]c4ccccc34)[C@]21C. The zero-order chi connectivity index (χ0) is 14.8. The number of fused-ring (bicyclic) bond motifs is 5. The number of carbonyl (C=O) groups excluding carboxylic acids is 1. The molecule has 1 saturated heterocycles. The molecule has 4 rings (SSSR count). The molecule has 2 aliphatic rings. The molecule has 1 fully saturated rings. The summed E-state index contributed by atoms with van der Waals surface area (Å²) in [6.07, 6.45) is 1.48. The summed E-state index contributed by atoms with van der Waals surface area (Å²) < 4.78 is 5.77. The molecule has 0 spiro atoms. The number of aromatic amines is 1. The van der Waals surface area contributed by atoms with E-state index in [1.54, 1.807) is 0 Å². The number of ether oxygens (including phenoxy) is 1. The van der Waals surface area contributed by atoms with Gasteiger partial charge in [0.2, 0.25) is 0 Å². The van der Waals surface area contributed by atoms with Crippen LogP contribution in [0.15, 0.2) is 24.3 Å². The predicted molar refractivity (Wildman–Crippen MR) is 81.2 cm³/mol. The minimum atomic E-state index is -0.500. The maximum Gasteiger partial charge on any atom is 0.411 e. The summed E-state index contributed by atoms with van der Waals surface area (Å²) in [6, 6.07) is 8.37.